The number of thiophene rings is 1. The van der Waals surface area contributed by atoms with Gasteiger partial charge in [-0.15, -0.1) is 11.3 Å². The Hall–Kier alpha value is -1.17. The molecule has 0 aliphatic rings. The Morgan fingerprint density at radius 3 is 2.57 bits per heavy atom. The van der Waals surface area contributed by atoms with Gasteiger partial charge in [0, 0.05) is 10.4 Å². The molecule has 0 saturated heterocycles. The fourth-order valence-corrected chi connectivity index (χ4v) is 2.31. The van der Waals surface area contributed by atoms with E-state index in [1.165, 1.54) is 6.07 Å². The molecule has 2 aromatic rings. The first-order valence-electron chi connectivity index (χ1n) is 3.95. The van der Waals surface area contributed by atoms with Gasteiger partial charge in [0.2, 0.25) is 0 Å². The van der Waals surface area contributed by atoms with Crippen LogP contribution in [0.3, 0.4) is 0 Å². The van der Waals surface area contributed by atoms with E-state index in [1.54, 1.807) is 12.1 Å². The minimum absolute atomic E-state index is 0.211. The van der Waals surface area contributed by atoms with Crippen molar-refractivity contribution >= 4 is 39.6 Å². The largest absolute Gasteiger partial charge is 0.511 e. The number of nitrogens with two attached hydrogens (primary N) is 1. The molecule has 0 aliphatic heterocycles. The van der Waals surface area contributed by atoms with Crippen molar-refractivity contribution in [2.24, 2.45) is 0 Å². The molecule has 1 aromatic carbocycles. The Kier molecular flexibility index (Phi) is 1.96. The van der Waals surface area contributed by atoms with E-state index in [0.717, 1.165) is 16.7 Å². The summed E-state index contributed by atoms with van der Waals surface area (Å²) in [6.45, 7) is -4.94. The molecule has 2 rings (SSSR count). The number of nitrogen functional groups attached to an aromatic ring is 1. The molecule has 74 valence electrons. The second-order valence-corrected chi connectivity index (χ2v) is 3.93. The van der Waals surface area contributed by atoms with Crippen LogP contribution in [0.2, 0.25) is 0 Å². The zero-order valence-corrected chi connectivity index (χ0v) is 7.82. The van der Waals surface area contributed by atoms with Gasteiger partial charge in [-0.1, -0.05) is 5.46 Å². The molecule has 0 fully saturated rings. The molecular weight excluding hydrogens is 210 g/mol. The molecule has 1 aromatic heterocycles. The number of anilines is 1. The monoisotopic (exact) mass is 216 g/mol. The van der Waals surface area contributed by atoms with Gasteiger partial charge in [-0.05, 0) is 29.0 Å². The summed E-state index contributed by atoms with van der Waals surface area (Å²) in [6.07, 6.45) is 0. The van der Waals surface area contributed by atoms with Crippen LogP contribution in [0.1, 0.15) is 0 Å². The number of hydrogen-bond donors (Lipinski definition) is 1. The first-order chi connectivity index (χ1) is 6.48. The van der Waals surface area contributed by atoms with Gasteiger partial charge >= 0.3 is 6.98 Å². The summed E-state index contributed by atoms with van der Waals surface area (Å²) in [4.78, 5) is 0. The maximum absolute atomic E-state index is 12.5. The topological polar surface area (TPSA) is 26.0 Å². The maximum atomic E-state index is 12.5. The molecule has 0 spiro atoms. The number of rotatable bonds is 1. The van der Waals surface area contributed by atoms with Crippen LogP contribution in [0.15, 0.2) is 23.6 Å². The standard InChI is InChI=1S/C8H6BF3NS/c10-9(11,12)7-4-14-8-2-1-5(13)3-6(7)8/h1-4H,13H2/q-1. The molecule has 14 heavy (non-hydrogen) atoms. The van der Waals surface area contributed by atoms with Crippen molar-refractivity contribution in [1.82, 2.24) is 0 Å². The quantitative estimate of drug-likeness (QED) is 0.575. The minimum Gasteiger partial charge on any atom is -0.445 e. The zero-order valence-electron chi connectivity index (χ0n) is 7.01. The van der Waals surface area contributed by atoms with Crippen LogP contribution in [0.25, 0.3) is 10.1 Å². The summed E-state index contributed by atoms with van der Waals surface area (Å²) in [6, 6.07) is 4.59. The molecule has 6 heteroatoms. The third-order valence-electron chi connectivity index (χ3n) is 1.98. The SMILES string of the molecule is Nc1ccc2scc([B-](F)(F)F)c2c1. The molecular formula is C8H6BF3NS-. The van der Waals surface area contributed by atoms with Crippen LogP contribution < -0.4 is 11.2 Å². The Balaban J connectivity index is 2.73. The highest BCUT2D eigenvalue weighted by Crippen LogP contribution is 2.25. The van der Waals surface area contributed by atoms with E-state index in [1.807, 2.05) is 0 Å². The minimum atomic E-state index is -4.94. The Bertz CT molecular complexity index is 477. The van der Waals surface area contributed by atoms with Gasteiger partial charge < -0.3 is 18.7 Å². The van der Waals surface area contributed by atoms with Crippen molar-refractivity contribution in [2.45, 2.75) is 0 Å². The van der Waals surface area contributed by atoms with Crippen LogP contribution in [-0.2, 0) is 0 Å². The molecule has 1 nitrogen and oxygen atoms in total. The van der Waals surface area contributed by atoms with Crippen LogP contribution in [0, 0.1) is 0 Å². The Morgan fingerprint density at radius 1 is 1.21 bits per heavy atom. The third-order valence-corrected chi connectivity index (χ3v) is 2.96. The number of benzene rings is 1. The maximum Gasteiger partial charge on any atom is 0.511 e. The van der Waals surface area contributed by atoms with Gasteiger partial charge in [0.05, 0.1) is 0 Å². The highest BCUT2D eigenvalue weighted by molar-refractivity contribution is 7.19. The van der Waals surface area contributed by atoms with E-state index in [9.17, 15) is 12.9 Å². The normalized spacial score (nSPS) is 12.2. The zero-order chi connectivity index (χ0) is 10.3. The highest BCUT2D eigenvalue weighted by atomic mass is 32.1. The molecule has 1 heterocycles. The molecule has 0 unspecified atom stereocenters. The lowest BCUT2D eigenvalue weighted by Gasteiger charge is -2.12. The summed E-state index contributed by atoms with van der Waals surface area (Å²) in [5.74, 6) is 0. The predicted octanol–water partition coefficient (Wildman–Crippen LogP) is 2.54. The van der Waals surface area contributed by atoms with Gasteiger partial charge in [0.15, 0.2) is 0 Å². The summed E-state index contributed by atoms with van der Waals surface area (Å²) < 4.78 is 38.2. The van der Waals surface area contributed by atoms with E-state index in [-0.39, 0.29) is 5.39 Å². The summed E-state index contributed by atoms with van der Waals surface area (Å²) in [7, 11) is 0. The lowest BCUT2D eigenvalue weighted by Crippen LogP contribution is -2.33. The summed E-state index contributed by atoms with van der Waals surface area (Å²) in [5, 5.41) is 1.35. The number of fused-ring (bicyclic) bond motifs is 1. The second-order valence-electron chi connectivity index (χ2n) is 3.02. The first-order valence-corrected chi connectivity index (χ1v) is 4.83. The van der Waals surface area contributed by atoms with Crippen molar-refractivity contribution < 1.29 is 12.9 Å². The molecule has 0 saturated carbocycles. The fraction of sp³-hybridized carbons (Fsp3) is 0. The second kappa shape index (κ2) is 2.91. The van der Waals surface area contributed by atoms with Crippen LogP contribution in [0.4, 0.5) is 18.6 Å². The lowest BCUT2D eigenvalue weighted by molar-refractivity contribution is 0.502. The predicted molar refractivity (Wildman–Crippen MR) is 54.9 cm³/mol. The van der Waals surface area contributed by atoms with Gasteiger partial charge in [-0.2, -0.15) is 0 Å². The van der Waals surface area contributed by atoms with E-state index in [0.29, 0.717) is 10.4 Å². The molecule has 0 atom stereocenters. The van der Waals surface area contributed by atoms with Gasteiger partial charge in [0.1, 0.15) is 0 Å². The summed E-state index contributed by atoms with van der Waals surface area (Å²) in [5.41, 5.74) is 5.25. The van der Waals surface area contributed by atoms with E-state index in [2.05, 4.69) is 0 Å². The van der Waals surface area contributed by atoms with Crippen LogP contribution >= 0.6 is 11.3 Å². The summed E-state index contributed by atoms with van der Waals surface area (Å²) >= 11 is 1.09. The van der Waals surface area contributed by atoms with Crippen molar-refractivity contribution in [3.63, 3.8) is 0 Å². The smallest absolute Gasteiger partial charge is 0.445 e. The van der Waals surface area contributed by atoms with E-state index in [4.69, 9.17) is 5.73 Å². The average Bonchev–Trinajstić information content (AvgIpc) is 2.45. The van der Waals surface area contributed by atoms with E-state index >= 15 is 0 Å². The Morgan fingerprint density at radius 2 is 1.93 bits per heavy atom. The van der Waals surface area contributed by atoms with Crippen molar-refractivity contribution in [1.29, 1.82) is 0 Å². The van der Waals surface area contributed by atoms with Gasteiger partial charge in [-0.25, -0.2) is 0 Å². The molecule has 0 aliphatic carbocycles. The van der Waals surface area contributed by atoms with Crippen LogP contribution in [-0.4, -0.2) is 6.98 Å². The lowest BCUT2D eigenvalue weighted by atomic mass is 9.80. The number of halogens is 3. The molecule has 0 radical (unpaired) electrons. The number of hydrogen-bond acceptors (Lipinski definition) is 2. The van der Waals surface area contributed by atoms with Crippen LogP contribution in [0.5, 0.6) is 0 Å². The first kappa shape index (κ1) is 9.39. The van der Waals surface area contributed by atoms with Crippen molar-refractivity contribution in [3.05, 3.63) is 23.6 Å². The average molecular weight is 216 g/mol. The Labute approximate surface area is 82.4 Å². The van der Waals surface area contributed by atoms with Crippen molar-refractivity contribution in [2.75, 3.05) is 5.73 Å². The molecule has 0 amide bonds. The highest BCUT2D eigenvalue weighted by Gasteiger charge is 2.28. The van der Waals surface area contributed by atoms with Gasteiger partial charge in [0.25, 0.3) is 0 Å². The fourth-order valence-electron chi connectivity index (χ4n) is 1.32. The third kappa shape index (κ3) is 1.46. The van der Waals surface area contributed by atoms with Gasteiger partial charge in [-0.3, -0.25) is 0 Å². The van der Waals surface area contributed by atoms with Crippen molar-refractivity contribution in [3.8, 4) is 0 Å². The molecule has 0 bridgehead atoms. The van der Waals surface area contributed by atoms with E-state index < -0.39 is 12.4 Å². The molecule has 2 N–H and O–H groups in total.